The molecule has 7 heteroatoms. The predicted molar refractivity (Wildman–Crippen MR) is 101 cm³/mol. The number of nitrogens with zero attached hydrogens (tertiary/aromatic N) is 5. The molecule has 0 saturated heterocycles. The highest BCUT2D eigenvalue weighted by atomic mass is 16.2. The maximum Gasteiger partial charge on any atom is 0.332 e. The van der Waals surface area contributed by atoms with Crippen LogP contribution in [0.1, 0.15) is 17.7 Å². The predicted octanol–water partition coefficient (Wildman–Crippen LogP) is 1.63. The van der Waals surface area contributed by atoms with Crippen molar-refractivity contribution in [2.75, 3.05) is 0 Å². The zero-order valence-corrected chi connectivity index (χ0v) is 15.1. The van der Waals surface area contributed by atoms with E-state index < -0.39 is 0 Å². The summed E-state index contributed by atoms with van der Waals surface area (Å²) in [7, 11) is 3.14. The van der Waals surface area contributed by atoms with Gasteiger partial charge >= 0.3 is 5.69 Å². The molecule has 7 nitrogen and oxygen atoms in total. The van der Waals surface area contributed by atoms with E-state index in [-0.39, 0.29) is 11.2 Å². The Bertz CT molecular complexity index is 1220. The standard InChI is InChI=1S/C19H21N5O2/c1-13-12-24-15-16(21(2)19(26)22(3)17(15)25)20-18(24)23(13)11-7-10-14-8-5-4-6-9-14/h4-6,8-9,12H,7,10-11H2,1-3H3. The molecule has 0 atom stereocenters. The molecule has 1 aromatic carbocycles. The Labute approximate surface area is 149 Å². The van der Waals surface area contributed by atoms with Crippen molar-refractivity contribution < 1.29 is 0 Å². The quantitative estimate of drug-likeness (QED) is 0.561. The third-order valence-corrected chi connectivity index (χ3v) is 4.95. The van der Waals surface area contributed by atoms with E-state index in [2.05, 4.69) is 21.7 Å². The summed E-state index contributed by atoms with van der Waals surface area (Å²) in [6, 6.07) is 10.4. The number of hydrogen-bond acceptors (Lipinski definition) is 3. The van der Waals surface area contributed by atoms with Gasteiger partial charge in [0.15, 0.2) is 11.2 Å². The third kappa shape index (κ3) is 2.39. The summed E-state index contributed by atoms with van der Waals surface area (Å²) in [5.41, 5.74) is 2.52. The first kappa shape index (κ1) is 16.4. The van der Waals surface area contributed by atoms with Gasteiger partial charge in [-0.25, -0.2) is 4.79 Å². The fourth-order valence-electron chi connectivity index (χ4n) is 3.49. The highest BCUT2D eigenvalue weighted by Crippen LogP contribution is 2.17. The average Bonchev–Trinajstić information content (AvgIpc) is 3.15. The average molecular weight is 351 g/mol. The highest BCUT2D eigenvalue weighted by Gasteiger charge is 2.18. The summed E-state index contributed by atoms with van der Waals surface area (Å²) in [5, 5.41) is 0. The summed E-state index contributed by atoms with van der Waals surface area (Å²) >= 11 is 0. The van der Waals surface area contributed by atoms with Crippen molar-refractivity contribution in [3.05, 3.63) is 68.6 Å². The Morgan fingerprint density at radius 3 is 2.50 bits per heavy atom. The maximum atomic E-state index is 12.6. The Morgan fingerprint density at radius 1 is 1.04 bits per heavy atom. The largest absolute Gasteiger partial charge is 0.332 e. The summed E-state index contributed by atoms with van der Waals surface area (Å²) in [4.78, 5) is 29.3. The highest BCUT2D eigenvalue weighted by molar-refractivity contribution is 5.75. The van der Waals surface area contributed by atoms with Crippen molar-refractivity contribution >= 4 is 16.9 Å². The van der Waals surface area contributed by atoms with E-state index in [1.807, 2.05) is 31.3 Å². The van der Waals surface area contributed by atoms with Gasteiger partial charge in [-0.1, -0.05) is 30.3 Å². The molecule has 0 fully saturated rings. The van der Waals surface area contributed by atoms with Crippen LogP contribution in [-0.4, -0.2) is 23.1 Å². The van der Waals surface area contributed by atoms with E-state index in [1.165, 1.54) is 17.2 Å². The second-order valence-corrected chi connectivity index (χ2v) is 6.67. The molecule has 0 saturated carbocycles. The number of aromatic nitrogens is 5. The minimum absolute atomic E-state index is 0.322. The molecule has 0 amide bonds. The van der Waals surface area contributed by atoms with Gasteiger partial charge in [-0.15, -0.1) is 0 Å². The van der Waals surface area contributed by atoms with E-state index in [0.717, 1.165) is 29.6 Å². The minimum atomic E-state index is -0.365. The van der Waals surface area contributed by atoms with E-state index in [1.54, 1.807) is 11.4 Å². The molecule has 0 spiro atoms. The molecular formula is C19H21N5O2. The molecule has 0 aliphatic heterocycles. The molecule has 4 aromatic rings. The lowest BCUT2D eigenvalue weighted by Crippen LogP contribution is -2.37. The first-order valence-electron chi connectivity index (χ1n) is 8.67. The fourth-order valence-corrected chi connectivity index (χ4v) is 3.49. The fraction of sp³-hybridized carbons (Fsp3) is 0.316. The number of benzene rings is 1. The first-order chi connectivity index (χ1) is 12.5. The molecule has 4 rings (SSSR count). The Morgan fingerprint density at radius 2 is 1.77 bits per heavy atom. The van der Waals surface area contributed by atoms with Crippen molar-refractivity contribution in [3.8, 4) is 0 Å². The molecule has 3 heterocycles. The van der Waals surface area contributed by atoms with Gasteiger partial charge in [-0.2, -0.15) is 4.98 Å². The van der Waals surface area contributed by atoms with Crippen LogP contribution in [0.3, 0.4) is 0 Å². The summed E-state index contributed by atoms with van der Waals surface area (Å²) < 4.78 is 6.45. The number of hydrogen-bond donors (Lipinski definition) is 0. The Kier molecular flexibility index (Phi) is 3.79. The molecule has 0 radical (unpaired) electrons. The lowest BCUT2D eigenvalue weighted by Gasteiger charge is -2.06. The minimum Gasteiger partial charge on any atom is -0.314 e. The number of rotatable bonds is 4. The van der Waals surface area contributed by atoms with Gasteiger partial charge in [0.05, 0.1) is 0 Å². The molecule has 3 aromatic heterocycles. The monoisotopic (exact) mass is 351 g/mol. The SMILES string of the molecule is Cc1cn2c3c(=O)n(C)c(=O)n(C)c3nc2n1CCCc1ccccc1. The van der Waals surface area contributed by atoms with Crippen molar-refractivity contribution in [2.24, 2.45) is 14.1 Å². The Balaban J connectivity index is 1.77. The van der Waals surface area contributed by atoms with Gasteiger partial charge in [0.2, 0.25) is 5.78 Å². The van der Waals surface area contributed by atoms with Gasteiger partial charge in [-0.05, 0) is 25.3 Å². The smallest absolute Gasteiger partial charge is 0.314 e. The van der Waals surface area contributed by atoms with Gasteiger partial charge in [0.25, 0.3) is 5.56 Å². The van der Waals surface area contributed by atoms with Crippen LogP contribution in [0.15, 0.2) is 46.1 Å². The first-order valence-corrected chi connectivity index (χ1v) is 8.67. The van der Waals surface area contributed by atoms with E-state index in [0.29, 0.717) is 16.9 Å². The van der Waals surface area contributed by atoms with Crippen LogP contribution in [0.2, 0.25) is 0 Å². The van der Waals surface area contributed by atoms with Crippen molar-refractivity contribution in [1.29, 1.82) is 0 Å². The molecule has 134 valence electrons. The van der Waals surface area contributed by atoms with Crippen LogP contribution in [0, 0.1) is 6.92 Å². The van der Waals surface area contributed by atoms with E-state index in [9.17, 15) is 9.59 Å². The van der Waals surface area contributed by atoms with Crippen LogP contribution in [0.5, 0.6) is 0 Å². The Hall–Kier alpha value is -3.09. The van der Waals surface area contributed by atoms with Gasteiger partial charge in [0.1, 0.15) is 0 Å². The second-order valence-electron chi connectivity index (χ2n) is 6.67. The van der Waals surface area contributed by atoms with E-state index >= 15 is 0 Å². The summed E-state index contributed by atoms with van der Waals surface area (Å²) in [5.74, 6) is 0.698. The van der Waals surface area contributed by atoms with Crippen molar-refractivity contribution in [3.63, 3.8) is 0 Å². The zero-order valence-electron chi connectivity index (χ0n) is 15.1. The van der Waals surface area contributed by atoms with Gasteiger partial charge in [0, 0.05) is 32.5 Å². The third-order valence-electron chi connectivity index (χ3n) is 4.95. The molecule has 0 bridgehead atoms. The van der Waals surface area contributed by atoms with Gasteiger partial charge < -0.3 is 4.57 Å². The second kappa shape index (κ2) is 6.01. The summed E-state index contributed by atoms with van der Waals surface area (Å²) in [6.45, 7) is 2.81. The number of imidazole rings is 2. The molecule has 0 aliphatic carbocycles. The van der Waals surface area contributed by atoms with Crippen LogP contribution in [0.25, 0.3) is 16.9 Å². The number of fused-ring (bicyclic) bond motifs is 3. The van der Waals surface area contributed by atoms with Crippen molar-refractivity contribution in [2.45, 2.75) is 26.3 Å². The van der Waals surface area contributed by atoms with Crippen LogP contribution in [0.4, 0.5) is 0 Å². The van der Waals surface area contributed by atoms with Crippen LogP contribution < -0.4 is 11.2 Å². The molecule has 0 N–H and O–H groups in total. The molecule has 26 heavy (non-hydrogen) atoms. The normalized spacial score (nSPS) is 11.7. The van der Waals surface area contributed by atoms with Crippen LogP contribution >= 0.6 is 0 Å². The zero-order chi connectivity index (χ0) is 18.4. The summed E-state index contributed by atoms with van der Waals surface area (Å²) in [6.07, 6.45) is 3.86. The van der Waals surface area contributed by atoms with E-state index in [4.69, 9.17) is 0 Å². The lowest BCUT2D eigenvalue weighted by atomic mass is 10.1. The van der Waals surface area contributed by atoms with Gasteiger partial charge in [-0.3, -0.25) is 18.3 Å². The lowest BCUT2D eigenvalue weighted by molar-refractivity contribution is 0.642. The number of aryl methyl sites for hydroxylation is 4. The molecule has 0 aliphatic rings. The van der Waals surface area contributed by atoms with Crippen molar-refractivity contribution in [1.82, 2.24) is 23.1 Å². The molecule has 0 unspecified atom stereocenters. The van der Waals surface area contributed by atoms with Crippen LogP contribution in [-0.2, 0) is 27.1 Å². The molecular weight excluding hydrogens is 330 g/mol. The maximum absolute atomic E-state index is 12.6. The topological polar surface area (TPSA) is 66.2 Å².